The van der Waals surface area contributed by atoms with E-state index in [-0.39, 0.29) is 101 Å². The molecule has 0 aromatic rings. The Balaban J connectivity index is 1.68. The van der Waals surface area contributed by atoms with Crippen LogP contribution in [0.25, 0.3) is 0 Å². The number of methoxy groups -OCH3 is 2. The van der Waals surface area contributed by atoms with E-state index in [0.29, 0.717) is 63.4 Å². The highest BCUT2D eigenvalue weighted by Gasteiger charge is 2.53. The second-order valence-corrected chi connectivity index (χ2v) is 20.6. The quantitative estimate of drug-likeness (QED) is 0.0745. The third kappa shape index (κ3) is 17.8. The van der Waals surface area contributed by atoms with Crippen molar-refractivity contribution in [3.8, 4) is 0 Å². The van der Waals surface area contributed by atoms with Crippen LogP contribution in [-0.4, -0.2) is 170 Å². The number of Topliss-reactive ketones (excluding diaryl/α,β-unsaturated/α-hetero) is 3. The van der Waals surface area contributed by atoms with Crippen LogP contribution >= 0.6 is 0 Å². The Morgan fingerprint density at radius 2 is 1.53 bits per heavy atom. The van der Waals surface area contributed by atoms with Crippen LogP contribution in [0.5, 0.6) is 0 Å². The van der Waals surface area contributed by atoms with Crippen LogP contribution in [0.15, 0.2) is 47.6 Å². The number of hydrogen-bond donors (Lipinski definition) is 4. The van der Waals surface area contributed by atoms with Crippen molar-refractivity contribution in [2.24, 2.45) is 29.6 Å². The fourth-order valence-electron chi connectivity index (χ4n) is 10.5. The minimum absolute atomic E-state index is 0.0158. The van der Waals surface area contributed by atoms with Gasteiger partial charge in [0.2, 0.25) is 5.79 Å². The number of aliphatic hydroxyl groups excluding tert-OH is 3. The number of piperidine rings is 1. The minimum Gasteiger partial charge on any atom is -0.460 e. The predicted molar refractivity (Wildman–Crippen MR) is 268 cm³/mol. The molecule has 4 rings (SSSR count). The van der Waals surface area contributed by atoms with Gasteiger partial charge in [0.1, 0.15) is 30.1 Å². The molecule has 3 fully saturated rings. The fraction of sp³-hybridized carbons (Fsp3) is 0.764. The van der Waals surface area contributed by atoms with Crippen molar-refractivity contribution in [1.29, 1.82) is 0 Å². The van der Waals surface area contributed by atoms with Gasteiger partial charge in [-0.3, -0.25) is 19.2 Å². The maximum atomic E-state index is 14.4. The number of aliphatic hydroxyl groups is 4. The lowest BCUT2D eigenvalue weighted by atomic mass is 9.81. The first-order chi connectivity index (χ1) is 34.4. The molecule has 2 saturated heterocycles. The van der Waals surface area contributed by atoms with E-state index in [9.17, 15) is 44.4 Å². The van der Waals surface area contributed by atoms with Crippen molar-refractivity contribution in [3.05, 3.63) is 47.6 Å². The van der Waals surface area contributed by atoms with E-state index in [2.05, 4.69) is 0 Å². The van der Waals surface area contributed by atoms with Crippen LogP contribution in [0.3, 0.4) is 0 Å². The summed E-state index contributed by atoms with van der Waals surface area (Å²) in [7, 11) is 2.99. The molecule has 0 aromatic carbocycles. The molecule has 1 saturated carbocycles. The molecule has 17 nitrogen and oxygen atoms in total. The highest BCUT2D eigenvalue weighted by molar-refractivity contribution is 6.39. The molecule has 0 radical (unpaired) electrons. The van der Waals surface area contributed by atoms with Gasteiger partial charge in [-0.2, -0.15) is 0 Å². The topological polar surface area (TPSA) is 234 Å². The fourth-order valence-corrected chi connectivity index (χ4v) is 10.5. The second-order valence-electron chi connectivity index (χ2n) is 20.6. The zero-order valence-electron chi connectivity index (χ0n) is 44.2. The number of ether oxygens (including phenoxy) is 7. The van der Waals surface area contributed by atoms with Gasteiger partial charge in [0.25, 0.3) is 11.7 Å². The van der Waals surface area contributed by atoms with Gasteiger partial charge < -0.3 is 58.5 Å². The molecule has 72 heavy (non-hydrogen) atoms. The van der Waals surface area contributed by atoms with Crippen LogP contribution in [-0.2, 0) is 57.1 Å². The van der Waals surface area contributed by atoms with Gasteiger partial charge in [0, 0.05) is 51.4 Å². The van der Waals surface area contributed by atoms with Gasteiger partial charge in [0.05, 0.1) is 64.1 Å². The molecule has 3 heterocycles. The summed E-state index contributed by atoms with van der Waals surface area (Å²) in [4.78, 5) is 72.2. The largest absolute Gasteiger partial charge is 0.460 e. The first-order valence-electron chi connectivity index (χ1n) is 26.4. The Hall–Kier alpha value is -3.49. The number of esters is 1. The van der Waals surface area contributed by atoms with E-state index in [1.807, 2.05) is 44.2 Å². The monoisotopic (exact) mass is 1020 g/mol. The first kappa shape index (κ1) is 61.1. The smallest absolute Gasteiger partial charge is 0.329 e. The molecule has 0 spiro atoms. The highest BCUT2D eigenvalue weighted by Crippen LogP contribution is 2.37. The van der Waals surface area contributed by atoms with Crippen LogP contribution in [0.2, 0.25) is 0 Å². The Labute approximate surface area is 427 Å². The molecule has 1 amide bonds. The van der Waals surface area contributed by atoms with Gasteiger partial charge in [0.15, 0.2) is 5.78 Å². The maximum absolute atomic E-state index is 14.4. The maximum Gasteiger partial charge on any atom is 0.329 e. The Kier molecular flexibility index (Phi) is 26.1. The molecule has 1 unspecified atom stereocenters. The highest BCUT2D eigenvalue weighted by atomic mass is 16.6. The summed E-state index contributed by atoms with van der Waals surface area (Å²) in [6.45, 7) is 11.3. The molecule has 17 heteroatoms. The number of carbonyl (C=O) groups excluding carboxylic acids is 5. The van der Waals surface area contributed by atoms with Crippen molar-refractivity contribution >= 4 is 29.2 Å². The van der Waals surface area contributed by atoms with Crippen LogP contribution < -0.4 is 0 Å². The molecule has 4 aliphatic rings. The minimum atomic E-state index is -2.49. The predicted octanol–water partition coefficient (Wildman–Crippen LogP) is 5.33. The number of nitrogens with zero attached hydrogens (tertiary/aromatic N) is 1. The summed E-state index contributed by atoms with van der Waals surface area (Å²) in [5, 5.41) is 42.1. The van der Waals surface area contributed by atoms with E-state index in [1.165, 1.54) is 12.0 Å². The molecule has 2 bridgehead atoms. The number of rotatable bonds is 14. The summed E-state index contributed by atoms with van der Waals surface area (Å²) < 4.78 is 41.3. The Bertz CT molecular complexity index is 1870. The van der Waals surface area contributed by atoms with E-state index in [4.69, 9.17) is 33.2 Å². The van der Waals surface area contributed by atoms with Crippen molar-refractivity contribution in [2.45, 2.75) is 180 Å². The summed E-state index contributed by atoms with van der Waals surface area (Å²) in [6, 6.07) is -1.16. The van der Waals surface area contributed by atoms with E-state index in [1.54, 1.807) is 40.9 Å². The van der Waals surface area contributed by atoms with E-state index < -0.39 is 77.8 Å². The summed E-state index contributed by atoms with van der Waals surface area (Å²) in [6.07, 6.45) is 11.7. The standard InChI is InChI=1S/C55H87NO16/c1-35-14-10-9-11-15-36(2)47(70-29-28-68-26-24-57)34-43-20-17-40(6)55(65,72-43)52(62)53(63)56-23-13-12-16-44(56)54(64)71-42(21-18-41-19-22-46(69-27-25-58)48(32-41)66-7)33-45(59)37(3)31-39(5)50(61)51(67-8)49(60)38(4)30-35/h9-11,14-15,31,35,37-38,40-44,46-48,50-51,57-58,61,65H,12-13,16-30,32-34H2,1-8H3/b11-9+,14-10+,36-15+,39-31+/t35-,37-,38-,40-,41-,42-,43+,44+,46-,47?,48-,50-,51+,55-/m1/s1. The zero-order valence-corrected chi connectivity index (χ0v) is 44.2. The zero-order chi connectivity index (χ0) is 53.0. The number of cyclic esters (lactones) is 1. The van der Waals surface area contributed by atoms with Crippen molar-refractivity contribution in [2.75, 3.05) is 60.4 Å². The molecule has 0 aromatic heterocycles. The number of fused-ring (bicyclic) bond motifs is 3. The van der Waals surface area contributed by atoms with Crippen LogP contribution in [0.1, 0.15) is 125 Å². The third-order valence-electron chi connectivity index (χ3n) is 15.0. The average Bonchev–Trinajstić information content (AvgIpc) is 3.36. The number of amides is 1. The summed E-state index contributed by atoms with van der Waals surface area (Å²) in [5.74, 6) is -7.87. The Morgan fingerprint density at radius 3 is 2.24 bits per heavy atom. The third-order valence-corrected chi connectivity index (χ3v) is 15.0. The van der Waals surface area contributed by atoms with E-state index in [0.717, 1.165) is 12.0 Å². The number of hydrogen-bond acceptors (Lipinski definition) is 16. The van der Waals surface area contributed by atoms with Gasteiger partial charge >= 0.3 is 5.97 Å². The van der Waals surface area contributed by atoms with Gasteiger partial charge in [-0.25, -0.2) is 4.79 Å². The lowest BCUT2D eigenvalue weighted by Gasteiger charge is -2.42. The molecule has 4 N–H and O–H groups in total. The lowest BCUT2D eigenvalue weighted by Crippen LogP contribution is -2.60. The molecule has 3 aliphatic heterocycles. The first-order valence-corrected chi connectivity index (χ1v) is 26.4. The SMILES string of the molecule is CO[C@@H]1C[C@H](CC[C@@H]2CC(=O)[C@H](C)/C=C(\C)[C@@H](O)[C@@H](OC)C(=O)[C@H](C)C[C@H](C)/C=C/C=C/C=C(\C)C(OCCOCCO)C[C@@H]3CC[C@@H](C)[C@@](O)(O3)C(=O)C(=O)N3CCCC[C@H]3C(=O)O2)CC[C@H]1OCCO. The molecular formula is C55H87NO16. The number of ketones is 3. The van der Waals surface area contributed by atoms with Gasteiger partial charge in [-0.05, 0) is 107 Å². The number of allylic oxidation sites excluding steroid dienone is 6. The molecule has 1 aliphatic carbocycles. The van der Waals surface area contributed by atoms with Crippen LogP contribution in [0, 0.1) is 29.6 Å². The van der Waals surface area contributed by atoms with Crippen LogP contribution in [0.4, 0.5) is 0 Å². The summed E-state index contributed by atoms with van der Waals surface area (Å²) in [5.41, 5.74) is 1.19. The second kappa shape index (κ2) is 30.8. The van der Waals surface area contributed by atoms with Crippen molar-refractivity contribution in [3.63, 3.8) is 0 Å². The van der Waals surface area contributed by atoms with Gasteiger partial charge in [-0.1, -0.05) is 64.2 Å². The number of carbonyl (C=O) groups is 5. The van der Waals surface area contributed by atoms with E-state index >= 15 is 0 Å². The van der Waals surface area contributed by atoms with Gasteiger partial charge in [-0.15, -0.1) is 0 Å². The molecule has 14 atom stereocenters. The molecule has 408 valence electrons. The summed E-state index contributed by atoms with van der Waals surface area (Å²) >= 11 is 0. The average molecular weight is 1020 g/mol. The normalized spacial score (nSPS) is 37.2. The lowest BCUT2D eigenvalue weighted by molar-refractivity contribution is -0.266. The van der Waals surface area contributed by atoms with Crippen molar-refractivity contribution < 1.29 is 77.6 Å². The molecular weight excluding hydrogens is 931 g/mol. The van der Waals surface area contributed by atoms with Crippen molar-refractivity contribution in [1.82, 2.24) is 4.90 Å². The Morgan fingerprint density at radius 1 is 0.778 bits per heavy atom.